The van der Waals surface area contributed by atoms with Gasteiger partial charge in [0.2, 0.25) is 5.95 Å². The molecule has 0 saturated heterocycles. The second-order valence-corrected chi connectivity index (χ2v) is 7.52. The molecule has 0 bridgehead atoms. The first-order chi connectivity index (χ1) is 15.0. The molecule has 4 rings (SSSR count). The van der Waals surface area contributed by atoms with E-state index in [1.165, 1.54) is 6.07 Å². The molecule has 8 heteroatoms. The van der Waals surface area contributed by atoms with E-state index in [1.807, 2.05) is 28.8 Å². The van der Waals surface area contributed by atoms with Gasteiger partial charge in [-0.05, 0) is 31.5 Å². The maximum absolute atomic E-state index is 13.2. The molecular weight excluding hydrogens is 396 g/mol. The van der Waals surface area contributed by atoms with E-state index < -0.39 is 16.9 Å². The number of unbranched alkanes of at least 4 members (excludes halogenated alkanes) is 2. The van der Waals surface area contributed by atoms with Gasteiger partial charge in [-0.1, -0.05) is 44.0 Å². The first-order valence-corrected chi connectivity index (χ1v) is 10.4. The number of para-hydroxylation sites is 3. The normalized spacial score (nSPS) is 15.5. The first kappa shape index (κ1) is 20.6. The fourth-order valence-electron chi connectivity index (χ4n) is 4.00. The Morgan fingerprint density at radius 1 is 1.19 bits per heavy atom. The Balaban J connectivity index is 1.88. The average Bonchev–Trinajstić information content (AvgIpc) is 3.13. The molecule has 0 spiro atoms. The number of nitro groups is 1. The molecule has 1 aliphatic rings. The molecule has 3 aromatic rings. The predicted molar refractivity (Wildman–Crippen MR) is 118 cm³/mol. The third-order valence-corrected chi connectivity index (χ3v) is 5.46. The number of carbonyl (C=O) groups is 1. The van der Waals surface area contributed by atoms with Crippen LogP contribution in [0, 0.1) is 10.1 Å². The van der Waals surface area contributed by atoms with Gasteiger partial charge in [0, 0.05) is 11.8 Å². The van der Waals surface area contributed by atoms with Crippen molar-refractivity contribution in [3.8, 4) is 0 Å². The minimum absolute atomic E-state index is 0.0535. The number of aromatic nitrogens is 2. The summed E-state index contributed by atoms with van der Waals surface area (Å²) in [5.74, 6) is 0.0528. The zero-order valence-corrected chi connectivity index (χ0v) is 17.5. The molecule has 1 N–H and O–H groups in total. The number of rotatable bonds is 7. The van der Waals surface area contributed by atoms with Gasteiger partial charge in [0.15, 0.2) is 0 Å². The lowest BCUT2D eigenvalue weighted by atomic mass is 9.93. The Morgan fingerprint density at radius 2 is 1.94 bits per heavy atom. The summed E-state index contributed by atoms with van der Waals surface area (Å²) in [5.41, 5.74) is 2.80. The molecule has 160 valence electrons. The fraction of sp³-hybridized carbons (Fsp3) is 0.304. The van der Waals surface area contributed by atoms with Crippen molar-refractivity contribution in [2.75, 3.05) is 11.9 Å². The number of nitrogens with one attached hydrogen (secondary N) is 1. The number of nitro benzene ring substituents is 1. The number of esters is 1. The van der Waals surface area contributed by atoms with Crippen LogP contribution < -0.4 is 5.32 Å². The molecule has 0 saturated carbocycles. The molecule has 0 amide bonds. The molecule has 2 aromatic carbocycles. The quantitative estimate of drug-likeness (QED) is 0.251. The Bertz CT molecular complexity index is 1180. The Hall–Kier alpha value is -3.68. The largest absolute Gasteiger partial charge is 0.462 e. The lowest BCUT2D eigenvalue weighted by Crippen LogP contribution is -2.29. The highest BCUT2D eigenvalue weighted by atomic mass is 16.6. The van der Waals surface area contributed by atoms with Crippen molar-refractivity contribution in [3.05, 3.63) is 75.5 Å². The molecule has 31 heavy (non-hydrogen) atoms. The van der Waals surface area contributed by atoms with Gasteiger partial charge >= 0.3 is 5.97 Å². The van der Waals surface area contributed by atoms with E-state index in [0.717, 1.165) is 30.3 Å². The highest BCUT2D eigenvalue weighted by Gasteiger charge is 2.38. The van der Waals surface area contributed by atoms with Crippen molar-refractivity contribution in [3.63, 3.8) is 0 Å². The van der Waals surface area contributed by atoms with E-state index in [-0.39, 0.29) is 5.69 Å². The Kier molecular flexibility index (Phi) is 5.70. The van der Waals surface area contributed by atoms with Crippen molar-refractivity contribution < 1.29 is 14.5 Å². The van der Waals surface area contributed by atoms with Crippen LogP contribution >= 0.6 is 0 Å². The van der Waals surface area contributed by atoms with Crippen LogP contribution in [0.4, 0.5) is 11.6 Å². The maximum atomic E-state index is 13.2. The standard InChI is InChI=1S/C23H24N4O4/c1-3-4-9-14-31-22(28)20-15(2)24-23-25-17-11-6-8-13-19(17)26(23)21(20)16-10-5-7-12-18(16)27(29)30/h5-8,10-13,21H,3-4,9,14H2,1-2H3,(H,24,25)/t21-/m0/s1. The monoisotopic (exact) mass is 420 g/mol. The summed E-state index contributed by atoms with van der Waals surface area (Å²) in [5, 5.41) is 15.0. The summed E-state index contributed by atoms with van der Waals surface area (Å²) < 4.78 is 7.41. The second kappa shape index (κ2) is 8.59. The lowest BCUT2D eigenvalue weighted by Gasteiger charge is -2.30. The molecule has 0 unspecified atom stereocenters. The number of fused-ring (bicyclic) bond motifs is 3. The third-order valence-electron chi connectivity index (χ3n) is 5.46. The van der Waals surface area contributed by atoms with Crippen molar-refractivity contribution >= 4 is 28.6 Å². The van der Waals surface area contributed by atoms with Crippen LogP contribution in [0.2, 0.25) is 0 Å². The van der Waals surface area contributed by atoms with Gasteiger partial charge in [0.25, 0.3) is 5.69 Å². The number of hydrogen-bond donors (Lipinski definition) is 1. The SMILES string of the molecule is CCCCCOC(=O)C1=C(C)Nc2nc3ccccc3n2[C@H]1c1ccccc1[N+](=O)[O-]. The van der Waals surface area contributed by atoms with Crippen molar-refractivity contribution in [2.24, 2.45) is 0 Å². The fourth-order valence-corrected chi connectivity index (χ4v) is 4.00. The second-order valence-electron chi connectivity index (χ2n) is 7.52. The number of ether oxygens (including phenoxy) is 1. The van der Waals surface area contributed by atoms with Crippen LogP contribution in [0.5, 0.6) is 0 Å². The van der Waals surface area contributed by atoms with Crippen molar-refractivity contribution in [1.29, 1.82) is 0 Å². The summed E-state index contributed by atoms with van der Waals surface area (Å²) >= 11 is 0. The highest BCUT2D eigenvalue weighted by molar-refractivity contribution is 5.94. The van der Waals surface area contributed by atoms with Crippen LogP contribution in [0.3, 0.4) is 0 Å². The number of anilines is 1. The summed E-state index contributed by atoms with van der Waals surface area (Å²) in [7, 11) is 0. The zero-order chi connectivity index (χ0) is 22.0. The summed E-state index contributed by atoms with van der Waals surface area (Å²) in [6.07, 6.45) is 2.76. The van der Waals surface area contributed by atoms with E-state index in [0.29, 0.717) is 29.4 Å². The molecule has 0 radical (unpaired) electrons. The van der Waals surface area contributed by atoms with E-state index in [2.05, 4.69) is 17.2 Å². The van der Waals surface area contributed by atoms with Crippen molar-refractivity contribution in [1.82, 2.24) is 9.55 Å². The number of benzene rings is 2. The van der Waals surface area contributed by atoms with Gasteiger partial charge in [-0.3, -0.25) is 14.7 Å². The Labute approximate surface area is 179 Å². The Morgan fingerprint density at radius 3 is 2.71 bits per heavy atom. The van der Waals surface area contributed by atoms with Gasteiger partial charge in [0.05, 0.1) is 33.7 Å². The van der Waals surface area contributed by atoms with Crippen molar-refractivity contribution in [2.45, 2.75) is 39.2 Å². The predicted octanol–water partition coefficient (Wildman–Crippen LogP) is 4.97. The van der Waals surface area contributed by atoms with Gasteiger partial charge in [-0.2, -0.15) is 0 Å². The molecule has 2 heterocycles. The minimum Gasteiger partial charge on any atom is -0.462 e. The summed E-state index contributed by atoms with van der Waals surface area (Å²) in [4.78, 5) is 29.2. The molecule has 0 aliphatic carbocycles. The van der Waals surface area contributed by atoms with Gasteiger partial charge in [-0.25, -0.2) is 9.78 Å². The van der Waals surface area contributed by atoms with Gasteiger partial charge in [0.1, 0.15) is 6.04 Å². The highest BCUT2D eigenvalue weighted by Crippen LogP contribution is 2.42. The van der Waals surface area contributed by atoms with Crippen LogP contribution in [0.15, 0.2) is 59.8 Å². The number of allylic oxidation sites excluding steroid dienone is 1. The number of nitrogens with zero attached hydrogens (tertiary/aromatic N) is 3. The van der Waals surface area contributed by atoms with E-state index in [4.69, 9.17) is 4.74 Å². The first-order valence-electron chi connectivity index (χ1n) is 10.4. The summed E-state index contributed by atoms with van der Waals surface area (Å²) in [6.45, 7) is 4.16. The minimum atomic E-state index is -0.732. The molecule has 1 aliphatic heterocycles. The summed E-state index contributed by atoms with van der Waals surface area (Å²) in [6, 6.07) is 13.3. The number of imidazole rings is 1. The van der Waals surface area contributed by atoms with Crippen LogP contribution in [0.25, 0.3) is 11.0 Å². The lowest BCUT2D eigenvalue weighted by molar-refractivity contribution is -0.385. The van der Waals surface area contributed by atoms with Gasteiger partial charge < -0.3 is 10.1 Å². The van der Waals surface area contributed by atoms with Gasteiger partial charge in [-0.15, -0.1) is 0 Å². The number of carbonyl (C=O) groups excluding carboxylic acids is 1. The zero-order valence-electron chi connectivity index (χ0n) is 17.5. The third kappa shape index (κ3) is 3.76. The average molecular weight is 420 g/mol. The molecule has 0 fully saturated rings. The number of hydrogen-bond acceptors (Lipinski definition) is 6. The topological polar surface area (TPSA) is 99.3 Å². The van der Waals surface area contributed by atoms with E-state index in [1.54, 1.807) is 25.1 Å². The molecular formula is C23H24N4O4. The van der Waals surface area contributed by atoms with E-state index >= 15 is 0 Å². The van der Waals surface area contributed by atoms with Crippen LogP contribution in [-0.4, -0.2) is 27.1 Å². The van der Waals surface area contributed by atoms with E-state index in [9.17, 15) is 14.9 Å². The molecule has 1 aromatic heterocycles. The van der Waals surface area contributed by atoms with Crippen LogP contribution in [-0.2, 0) is 9.53 Å². The smallest absolute Gasteiger partial charge is 0.338 e. The molecule has 8 nitrogen and oxygen atoms in total. The van der Waals surface area contributed by atoms with Crippen LogP contribution in [0.1, 0.15) is 44.7 Å². The molecule has 1 atom stereocenters. The maximum Gasteiger partial charge on any atom is 0.338 e.